The summed E-state index contributed by atoms with van der Waals surface area (Å²) in [6.07, 6.45) is 10.1. The highest BCUT2D eigenvalue weighted by atomic mass is 16.5. The van der Waals surface area contributed by atoms with Crippen molar-refractivity contribution >= 4 is 5.96 Å². The third kappa shape index (κ3) is 8.04. The minimum atomic E-state index is 0.510. The van der Waals surface area contributed by atoms with Gasteiger partial charge in [-0.05, 0) is 31.2 Å². The highest BCUT2D eigenvalue weighted by Crippen LogP contribution is 2.28. The SMILES string of the molecule is CCNC(=NCc1ccc(OCCOC)nc1)NCCCC1CCCC1. The number of nitrogens with one attached hydrogen (secondary N) is 2. The largest absolute Gasteiger partial charge is 0.475 e. The maximum atomic E-state index is 5.48. The second-order valence-corrected chi connectivity index (χ2v) is 6.76. The molecule has 2 N–H and O–H groups in total. The fourth-order valence-corrected chi connectivity index (χ4v) is 3.23. The van der Waals surface area contributed by atoms with Crippen molar-refractivity contribution in [2.75, 3.05) is 33.4 Å². The lowest BCUT2D eigenvalue weighted by Gasteiger charge is -2.13. The molecule has 0 amide bonds. The fraction of sp³-hybridized carbons (Fsp3) is 0.700. The lowest BCUT2D eigenvalue weighted by Crippen LogP contribution is -2.37. The highest BCUT2D eigenvalue weighted by molar-refractivity contribution is 5.79. The van der Waals surface area contributed by atoms with Crippen LogP contribution in [-0.4, -0.2) is 44.4 Å². The Morgan fingerprint density at radius 2 is 2.08 bits per heavy atom. The summed E-state index contributed by atoms with van der Waals surface area (Å²) in [6, 6.07) is 3.88. The third-order valence-electron chi connectivity index (χ3n) is 4.66. The molecule has 0 aliphatic heterocycles. The van der Waals surface area contributed by atoms with E-state index in [0.29, 0.717) is 25.6 Å². The number of hydrogen-bond donors (Lipinski definition) is 2. The van der Waals surface area contributed by atoms with Crippen molar-refractivity contribution in [3.05, 3.63) is 23.9 Å². The molecule has 1 fully saturated rings. The van der Waals surface area contributed by atoms with Crippen LogP contribution in [-0.2, 0) is 11.3 Å². The Morgan fingerprint density at radius 1 is 1.23 bits per heavy atom. The molecule has 1 aliphatic rings. The Hall–Kier alpha value is -1.82. The van der Waals surface area contributed by atoms with Gasteiger partial charge in [0.2, 0.25) is 5.88 Å². The number of nitrogens with zero attached hydrogens (tertiary/aromatic N) is 2. The molecule has 6 nitrogen and oxygen atoms in total. The van der Waals surface area contributed by atoms with Crippen molar-refractivity contribution in [1.82, 2.24) is 15.6 Å². The second-order valence-electron chi connectivity index (χ2n) is 6.76. The Labute approximate surface area is 157 Å². The average molecular weight is 363 g/mol. The summed E-state index contributed by atoms with van der Waals surface area (Å²) in [7, 11) is 1.66. The van der Waals surface area contributed by atoms with Gasteiger partial charge in [-0.1, -0.05) is 31.7 Å². The van der Waals surface area contributed by atoms with Crippen LogP contribution in [0.2, 0.25) is 0 Å². The molecule has 146 valence electrons. The van der Waals surface area contributed by atoms with Gasteiger partial charge in [0.25, 0.3) is 0 Å². The summed E-state index contributed by atoms with van der Waals surface area (Å²) >= 11 is 0. The Balaban J connectivity index is 1.72. The van der Waals surface area contributed by atoms with Gasteiger partial charge in [-0.15, -0.1) is 0 Å². The second kappa shape index (κ2) is 12.5. The maximum absolute atomic E-state index is 5.48. The molecule has 26 heavy (non-hydrogen) atoms. The van der Waals surface area contributed by atoms with E-state index in [1.165, 1.54) is 38.5 Å². The first-order chi connectivity index (χ1) is 12.8. The summed E-state index contributed by atoms with van der Waals surface area (Å²) in [5, 5.41) is 6.75. The molecule has 6 heteroatoms. The highest BCUT2D eigenvalue weighted by Gasteiger charge is 2.13. The number of aliphatic imine (C=N–C) groups is 1. The molecule has 1 saturated carbocycles. The summed E-state index contributed by atoms with van der Waals surface area (Å²) in [6.45, 7) is 5.60. The van der Waals surface area contributed by atoms with Crippen LogP contribution in [0.4, 0.5) is 0 Å². The van der Waals surface area contributed by atoms with E-state index >= 15 is 0 Å². The third-order valence-corrected chi connectivity index (χ3v) is 4.66. The topological polar surface area (TPSA) is 67.8 Å². The van der Waals surface area contributed by atoms with Gasteiger partial charge in [0.15, 0.2) is 5.96 Å². The van der Waals surface area contributed by atoms with Crippen LogP contribution in [0.25, 0.3) is 0 Å². The fourth-order valence-electron chi connectivity index (χ4n) is 3.23. The zero-order chi connectivity index (χ0) is 18.5. The Bertz CT molecular complexity index is 513. The minimum Gasteiger partial charge on any atom is -0.475 e. The molecule has 0 atom stereocenters. The van der Waals surface area contributed by atoms with Crippen LogP contribution in [0.5, 0.6) is 5.88 Å². The molecular weight excluding hydrogens is 328 g/mol. The molecule has 0 radical (unpaired) electrons. The minimum absolute atomic E-state index is 0.510. The predicted molar refractivity (Wildman–Crippen MR) is 106 cm³/mol. The van der Waals surface area contributed by atoms with Crippen molar-refractivity contribution in [2.45, 2.75) is 52.0 Å². The molecule has 0 aromatic carbocycles. The van der Waals surface area contributed by atoms with E-state index in [0.717, 1.165) is 30.5 Å². The number of guanidine groups is 1. The number of rotatable bonds is 11. The smallest absolute Gasteiger partial charge is 0.213 e. The van der Waals surface area contributed by atoms with Gasteiger partial charge in [0.05, 0.1) is 13.2 Å². The number of aromatic nitrogens is 1. The van der Waals surface area contributed by atoms with Crippen LogP contribution >= 0.6 is 0 Å². The molecule has 2 rings (SSSR count). The van der Waals surface area contributed by atoms with E-state index < -0.39 is 0 Å². The zero-order valence-corrected chi connectivity index (χ0v) is 16.3. The van der Waals surface area contributed by atoms with Crippen LogP contribution in [0.3, 0.4) is 0 Å². The van der Waals surface area contributed by atoms with Gasteiger partial charge in [-0.25, -0.2) is 9.98 Å². The first-order valence-corrected chi connectivity index (χ1v) is 9.90. The average Bonchev–Trinajstić information content (AvgIpc) is 3.18. The molecule has 1 aliphatic carbocycles. The van der Waals surface area contributed by atoms with E-state index in [1.54, 1.807) is 7.11 Å². The van der Waals surface area contributed by atoms with E-state index in [4.69, 9.17) is 9.47 Å². The monoisotopic (exact) mass is 362 g/mol. The van der Waals surface area contributed by atoms with E-state index in [9.17, 15) is 0 Å². The molecular formula is C20H34N4O2. The van der Waals surface area contributed by atoms with Crippen molar-refractivity contribution < 1.29 is 9.47 Å². The van der Waals surface area contributed by atoms with Gasteiger partial charge in [0, 0.05) is 32.5 Å². The molecule has 0 saturated heterocycles. The van der Waals surface area contributed by atoms with Crippen molar-refractivity contribution in [2.24, 2.45) is 10.9 Å². The summed E-state index contributed by atoms with van der Waals surface area (Å²) in [5.41, 5.74) is 1.06. The lowest BCUT2D eigenvalue weighted by molar-refractivity contribution is 0.143. The van der Waals surface area contributed by atoms with Gasteiger partial charge in [-0.2, -0.15) is 0 Å². The molecule has 1 aromatic rings. The summed E-state index contributed by atoms with van der Waals surface area (Å²) in [4.78, 5) is 8.96. The van der Waals surface area contributed by atoms with Gasteiger partial charge < -0.3 is 20.1 Å². The van der Waals surface area contributed by atoms with E-state index in [-0.39, 0.29) is 0 Å². The van der Waals surface area contributed by atoms with Crippen molar-refractivity contribution in [3.8, 4) is 5.88 Å². The normalized spacial score (nSPS) is 15.2. The van der Waals surface area contributed by atoms with Crippen molar-refractivity contribution in [1.29, 1.82) is 0 Å². The Kier molecular flexibility index (Phi) is 9.87. The quantitative estimate of drug-likeness (QED) is 0.360. The molecule has 0 unspecified atom stereocenters. The number of ether oxygens (including phenoxy) is 2. The van der Waals surface area contributed by atoms with Crippen LogP contribution in [0, 0.1) is 5.92 Å². The van der Waals surface area contributed by atoms with Crippen LogP contribution in [0.1, 0.15) is 51.0 Å². The standard InChI is InChI=1S/C20H34N4O2/c1-3-21-20(22-12-6-9-17-7-4-5-8-17)24-16-18-10-11-19(23-15-18)26-14-13-25-2/h10-11,15,17H,3-9,12-14,16H2,1-2H3,(H2,21,22,24). The lowest BCUT2D eigenvalue weighted by atomic mass is 10.0. The van der Waals surface area contributed by atoms with Crippen LogP contribution < -0.4 is 15.4 Å². The van der Waals surface area contributed by atoms with Crippen molar-refractivity contribution in [3.63, 3.8) is 0 Å². The van der Waals surface area contributed by atoms with Gasteiger partial charge >= 0.3 is 0 Å². The van der Waals surface area contributed by atoms with Gasteiger partial charge in [-0.3, -0.25) is 0 Å². The first kappa shape index (κ1) is 20.5. The first-order valence-electron chi connectivity index (χ1n) is 9.90. The summed E-state index contributed by atoms with van der Waals surface area (Å²) in [5.74, 6) is 2.44. The van der Waals surface area contributed by atoms with E-state index in [2.05, 4.69) is 27.5 Å². The molecule has 0 bridgehead atoms. The Morgan fingerprint density at radius 3 is 2.77 bits per heavy atom. The maximum Gasteiger partial charge on any atom is 0.213 e. The number of methoxy groups -OCH3 is 1. The predicted octanol–water partition coefficient (Wildman–Crippen LogP) is 3.13. The number of hydrogen-bond acceptors (Lipinski definition) is 4. The number of pyridine rings is 1. The zero-order valence-electron chi connectivity index (χ0n) is 16.3. The molecule has 1 aromatic heterocycles. The van der Waals surface area contributed by atoms with E-state index in [1.807, 2.05) is 18.3 Å². The molecule has 1 heterocycles. The van der Waals surface area contributed by atoms with Gasteiger partial charge in [0.1, 0.15) is 6.61 Å². The summed E-state index contributed by atoms with van der Waals surface area (Å²) < 4.78 is 10.4. The van der Waals surface area contributed by atoms with Crippen LogP contribution in [0.15, 0.2) is 23.3 Å². The molecule has 0 spiro atoms.